The van der Waals surface area contributed by atoms with E-state index in [0.717, 1.165) is 108 Å². The van der Waals surface area contributed by atoms with Crippen LogP contribution in [0.3, 0.4) is 0 Å². The second-order valence-corrected chi connectivity index (χ2v) is 30.4. The predicted octanol–water partition coefficient (Wildman–Crippen LogP) is 21.9. The van der Waals surface area contributed by atoms with Gasteiger partial charge in [-0.05, 0) is 37.5 Å². The number of carbonyl (C=O) groups is 4. The molecule has 0 amide bonds. The average Bonchev–Trinajstić information content (AvgIpc) is 1.95. The fraction of sp³-hybridized carbons (Fsp3) is 0.947. The lowest BCUT2D eigenvalue weighted by molar-refractivity contribution is -0.161. The van der Waals surface area contributed by atoms with E-state index in [9.17, 15) is 43.2 Å². The first kappa shape index (κ1) is 92.1. The Labute approximate surface area is 575 Å². The predicted molar refractivity (Wildman–Crippen MR) is 381 cm³/mol. The quantitative estimate of drug-likeness (QED) is 0.0222. The fourth-order valence-electron chi connectivity index (χ4n) is 11.4. The summed E-state index contributed by atoms with van der Waals surface area (Å²) in [6, 6.07) is 0. The van der Waals surface area contributed by atoms with E-state index >= 15 is 0 Å². The van der Waals surface area contributed by atoms with Gasteiger partial charge in [0.05, 0.1) is 26.4 Å². The number of phosphoric ester groups is 2. The Bertz CT molecular complexity index is 1820. The van der Waals surface area contributed by atoms with Crippen LogP contribution in [-0.4, -0.2) is 96.7 Å². The number of rotatable bonds is 74. The highest BCUT2D eigenvalue weighted by Gasteiger charge is 2.30. The second-order valence-electron chi connectivity index (χ2n) is 27.5. The van der Waals surface area contributed by atoms with E-state index in [1.54, 1.807) is 0 Å². The third-order valence-electron chi connectivity index (χ3n) is 18.2. The van der Waals surface area contributed by atoms with Gasteiger partial charge in [0.15, 0.2) is 12.2 Å². The Hall–Kier alpha value is -1.94. The highest BCUT2D eigenvalue weighted by Crippen LogP contribution is 2.45. The normalized spacial score (nSPS) is 14.6. The second kappa shape index (κ2) is 66.9. The number of esters is 4. The largest absolute Gasteiger partial charge is 0.472 e. The van der Waals surface area contributed by atoms with Crippen molar-refractivity contribution in [3.05, 3.63) is 0 Å². The molecule has 0 spiro atoms. The maximum absolute atomic E-state index is 13.1. The van der Waals surface area contributed by atoms with Gasteiger partial charge in [0.25, 0.3) is 0 Å². The van der Waals surface area contributed by atoms with Crippen molar-refractivity contribution in [3.63, 3.8) is 0 Å². The molecule has 0 rings (SSSR count). The molecule has 17 nitrogen and oxygen atoms in total. The highest BCUT2D eigenvalue weighted by atomic mass is 31.2. The first-order valence-electron chi connectivity index (χ1n) is 39.1. The lowest BCUT2D eigenvalue weighted by Crippen LogP contribution is -2.30. The zero-order chi connectivity index (χ0) is 69.3. The summed E-state index contributed by atoms with van der Waals surface area (Å²) in [6.45, 7) is 9.57. The van der Waals surface area contributed by atoms with Crippen molar-refractivity contribution >= 4 is 39.5 Å². The minimum atomic E-state index is -4.96. The summed E-state index contributed by atoms with van der Waals surface area (Å²) < 4.78 is 68.3. The first-order chi connectivity index (χ1) is 45.4. The zero-order valence-electron chi connectivity index (χ0n) is 61.3. The van der Waals surface area contributed by atoms with Crippen molar-refractivity contribution in [2.24, 2.45) is 11.8 Å². The molecule has 4 unspecified atom stereocenters. The van der Waals surface area contributed by atoms with Gasteiger partial charge in [0.2, 0.25) is 0 Å². The van der Waals surface area contributed by atoms with E-state index in [2.05, 4.69) is 41.5 Å². The van der Waals surface area contributed by atoms with Crippen LogP contribution in [0.4, 0.5) is 0 Å². The molecule has 0 aromatic carbocycles. The van der Waals surface area contributed by atoms with Gasteiger partial charge in [-0.25, -0.2) is 9.13 Å². The number of hydrogen-bond acceptors (Lipinski definition) is 15. The topological polar surface area (TPSA) is 237 Å². The Morgan fingerprint density at radius 3 is 0.755 bits per heavy atom. The summed E-state index contributed by atoms with van der Waals surface area (Å²) in [5, 5.41) is 10.6. The Kier molecular flexibility index (Phi) is 65.5. The van der Waals surface area contributed by atoms with E-state index in [0.29, 0.717) is 25.7 Å². The Morgan fingerprint density at radius 1 is 0.298 bits per heavy atom. The SMILES string of the molecule is CCCCCCCCCCCCCCCCC(=O)OC[C@H](COP(=O)(O)OC[C@@H](O)COP(=O)(O)OC[C@@H](COC(=O)CCCCCCCCCC)OC(=O)CCCCCCCCC(C)CC)OC(=O)CCCCCCCCCCCCCCCCCCCCC(C)CC. The first-order valence-corrected chi connectivity index (χ1v) is 42.1. The summed E-state index contributed by atoms with van der Waals surface area (Å²) in [7, 11) is -9.90. The molecule has 0 aliphatic carbocycles. The van der Waals surface area contributed by atoms with Gasteiger partial charge in [-0.1, -0.05) is 337 Å². The van der Waals surface area contributed by atoms with Crippen LogP contribution in [0.2, 0.25) is 0 Å². The molecule has 0 saturated heterocycles. The van der Waals surface area contributed by atoms with Gasteiger partial charge in [-0.2, -0.15) is 0 Å². The summed E-state index contributed by atoms with van der Waals surface area (Å²) in [4.78, 5) is 72.6. The van der Waals surface area contributed by atoms with Crippen LogP contribution >= 0.6 is 15.6 Å². The minimum absolute atomic E-state index is 0.103. The lowest BCUT2D eigenvalue weighted by atomic mass is 9.99. The van der Waals surface area contributed by atoms with Crippen LogP contribution in [-0.2, 0) is 65.4 Å². The summed E-state index contributed by atoms with van der Waals surface area (Å²) in [6.07, 6.45) is 54.3. The van der Waals surface area contributed by atoms with Crippen molar-refractivity contribution in [2.45, 2.75) is 407 Å². The van der Waals surface area contributed by atoms with Crippen molar-refractivity contribution in [2.75, 3.05) is 39.6 Å². The van der Waals surface area contributed by atoms with Gasteiger partial charge in [0.1, 0.15) is 19.3 Å². The molecule has 0 aromatic heterocycles. The molecule has 19 heteroatoms. The van der Waals surface area contributed by atoms with Crippen LogP contribution in [0.1, 0.15) is 388 Å². The van der Waals surface area contributed by atoms with Crippen molar-refractivity contribution in [1.82, 2.24) is 0 Å². The lowest BCUT2D eigenvalue weighted by Gasteiger charge is -2.21. The Balaban J connectivity index is 5.16. The van der Waals surface area contributed by atoms with E-state index in [-0.39, 0.29) is 25.7 Å². The molecular formula is C75H146O17P2. The van der Waals surface area contributed by atoms with E-state index < -0.39 is 97.5 Å². The monoisotopic (exact) mass is 1380 g/mol. The number of carbonyl (C=O) groups excluding carboxylic acids is 4. The number of phosphoric acid groups is 2. The van der Waals surface area contributed by atoms with Crippen LogP contribution in [0.25, 0.3) is 0 Å². The fourth-order valence-corrected chi connectivity index (χ4v) is 13.0. The number of unbranched alkanes of at least 4 members (excludes halogenated alkanes) is 42. The molecule has 3 N–H and O–H groups in total. The Morgan fingerprint density at radius 2 is 0.511 bits per heavy atom. The van der Waals surface area contributed by atoms with Crippen LogP contribution in [0.5, 0.6) is 0 Å². The molecule has 94 heavy (non-hydrogen) atoms. The molecule has 0 radical (unpaired) electrons. The molecule has 558 valence electrons. The van der Waals surface area contributed by atoms with Crippen molar-refractivity contribution < 1.29 is 80.2 Å². The highest BCUT2D eigenvalue weighted by molar-refractivity contribution is 7.47. The molecule has 0 fully saturated rings. The molecule has 0 heterocycles. The van der Waals surface area contributed by atoms with Gasteiger partial charge >= 0.3 is 39.5 Å². The van der Waals surface area contributed by atoms with Crippen molar-refractivity contribution in [1.29, 1.82) is 0 Å². The number of ether oxygens (including phenoxy) is 4. The number of hydrogen-bond donors (Lipinski definition) is 3. The number of aliphatic hydroxyl groups is 1. The minimum Gasteiger partial charge on any atom is -0.462 e. The molecule has 0 saturated carbocycles. The van der Waals surface area contributed by atoms with Crippen LogP contribution in [0, 0.1) is 11.8 Å². The zero-order valence-corrected chi connectivity index (χ0v) is 63.1. The maximum atomic E-state index is 13.1. The van der Waals surface area contributed by atoms with E-state index in [4.69, 9.17) is 37.0 Å². The standard InChI is InChI=1S/C75H146O17P2/c1-7-11-13-15-17-19-20-21-29-32-35-39-46-52-58-73(78)86-63-70(91-74(79)59-53-47-40-36-33-30-27-25-23-22-24-26-28-31-34-37-43-49-55-67(5)9-3)65-89-93(81,82)87-61-69(76)62-88-94(83,84)90-66-71(64-85-72(77)57-51-45-38-18-16-14-12-8-2)92-75(80)60-54-48-42-41-44-50-56-68(6)10-4/h67-71,76H,7-66H2,1-6H3,(H,81,82)(H,83,84)/t67?,68?,69-,70-,71-/m1/s1. The molecule has 0 bridgehead atoms. The molecule has 0 aromatic rings. The van der Waals surface area contributed by atoms with Gasteiger partial charge in [-0.15, -0.1) is 0 Å². The summed E-state index contributed by atoms with van der Waals surface area (Å²) >= 11 is 0. The molecule has 0 aliphatic rings. The smallest absolute Gasteiger partial charge is 0.462 e. The van der Waals surface area contributed by atoms with Gasteiger partial charge < -0.3 is 33.8 Å². The summed E-state index contributed by atoms with van der Waals surface area (Å²) in [5.74, 6) is -0.531. The molecule has 7 atom stereocenters. The maximum Gasteiger partial charge on any atom is 0.472 e. The molecular weight excluding hydrogens is 1230 g/mol. The van der Waals surface area contributed by atoms with Crippen molar-refractivity contribution in [3.8, 4) is 0 Å². The third kappa shape index (κ3) is 66.0. The summed E-state index contributed by atoms with van der Waals surface area (Å²) in [5.41, 5.74) is 0. The van der Waals surface area contributed by atoms with Gasteiger partial charge in [0, 0.05) is 25.7 Å². The van der Waals surface area contributed by atoms with E-state index in [1.807, 2.05) is 0 Å². The third-order valence-corrected chi connectivity index (χ3v) is 20.1. The molecule has 0 aliphatic heterocycles. The van der Waals surface area contributed by atoms with Crippen LogP contribution in [0.15, 0.2) is 0 Å². The average molecular weight is 1380 g/mol. The number of aliphatic hydroxyl groups excluding tert-OH is 1. The van der Waals surface area contributed by atoms with E-state index in [1.165, 1.54) is 199 Å². The van der Waals surface area contributed by atoms with Gasteiger partial charge in [-0.3, -0.25) is 37.3 Å². The van der Waals surface area contributed by atoms with Crippen LogP contribution < -0.4 is 0 Å².